The standard InChI is InChI=1S/C21H26N2O3/c1-3-26-20-13-11-19(12-14-20)23(17(2)24)16-21(25)22-15-7-10-18-8-5-4-6-9-18/h4-6,8-9,11-14H,3,7,10,15-16H2,1-2H3,(H,22,25). The molecule has 2 rings (SSSR count). The summed E-state index contributed by atoms with van der Waals surface area (Å²) >= 11 is 0. The first-order valence-corrected chi connectivity index (χ1v) is 8.91. The van der Waals surface area contributed by atoms with Crippen molar-refractivity contribution in [2.75, 3.05) is 24.6 Å². The van der Waals surface area contributed by atoms with Crippen molar-refractivity contribution in [2.24, 2.45) is 0 Å². The van der Waals surface area contributed by atoms with Crippen molar-refractivity contribution in [1.29, 1.82) is 0 Å². The lowest BCUT2D eigenvalue weighted by Crippen LogP contribution is -2.40. The Kier molecular flexibility index (Phi) is 7.68. The first-order valence-electron chi connectivity index (χ1n) is 8.91. The molecule has 0 saturated carbocycles. The minimum Gasteiger partial charge on any atom is -0.494 e. The van der Waals surface area contributed by atoms with Crippen LogP contribution in [0.1, 0.15) is 25.8 Å². The molecule has 0 spiro atoms. The van der Waals surface area contributed by atoms with Gasteiger partial charge in [0.05, 0.1) is 6.61 Å². The van der Waals surface area contributed by atoms with E-state index < -0.39 is 0 Å². The van der Waals surface area contributed by atoms with Gasteiger partial charge >= 0.3 is 0 Å². The van der Waals surface area contributed by atoms with Gasteiger partial charge < -0.3 is 15.0 Å². The molecule has 0 aliphatic heterocycles. The second kappa shape index (κ2) is 10.2. The van der Waals surface area contributed by atoms with Gasteiger partial charge in [0.15, 0.2) is 0 Å². The van der Waals surface area contributed by atoms with Crippen LogP contribution in [0.25, 0.3) is 0 Å². The van der Waals surface area contributed by atoms with Gasteiger partial charge in [-0.25, -0.2) is 0 Å². The predicted octanol–water partition coefficient (Wildman–Crippen LogP) is 3.19. The number of anilines is 1. The highest BCUT2D eigenvalue weighted by Gasteiger charge is 2.15. The van der Waals surface area contributed by atoms with Gasteiger partial charge in [0.2, 0.25) is 11.8 Å². The molecule has 5 heteroatoms. The van der Waals surface area contributed by atoms with Gasteiger partial charge in [0.25, 0.3) is 0 Å². The van der Waals surface area contributed by atoms with Gasteiger partial charge in [0, 0.05) is 19.2 Å². The van der Waals surface area contributed by atoms with E-state index in [2.05, 4.69) is 17.4 Å². The molecule has 0 aromatic heterocycles. The van der Waals surface area contributed by atoms with Crippen LogP contribution >= 0.6 is 0 Å². The zero-order chi connectivity index (χ0) is 18.8. The Bertz CT molecular complexity index is 699. The number of ether oxygens (including phenoxy) is 1. The van der Waals surface area contributed by atoms with Crippen LogP contribution in [0.3, 0.4) is 0 Å². The van der Waals surface area contributed by atoms with Gasteiger partial charge in [-0.3, -0.25) is 9.59 Å². The number of nitrogens with one attached hydrogen (secondary N) is 1. The molecule has 26 heavy (non-hydrogen) atoms. The molecule has 2 aromatic rings. The van der Waals surface area contributed by atoms with Crippen molar-refractivity contribution in [2.45, 2.75) is 26.7 Å². The molecule has 0 fully saturated rings. The molecule has 0 bridgehead atoms. The summed E-state index contributed by atoms with van der Waals surface area (Å²) < 4.78 is 5.40. The van der Waals surface area contributed by atoms with Gasteiger partial charge in [-0.2, -0.15) is 0 Å². The summed E-state index contributed by atoms with van der Waals surface area (Å²) in [6.07, 6.45) is 1.77. The fourth-order valence-electron chi connectivity index (χ4n) is 2.64. The van der Waals surface area contributed by atoms with E-state index in [1.807, 2.05) is 25.1 Å². The SMILES string of the molecule is CCOc1ccc(N(CC(=O)NCCCc2ccccc2)C(C)=O)cc1. The van der Waals surface area contributed by atoms with Crippen molar-refractivity contribution in [3.63, 3.8) is 0 Å². The third kappa shape index (κ3) is 6.24. The smallest absolute Gasteiger partial charge is 0.240 e. The molecular formula is C21H26N2O3. The molecule has 0 heterocycles. The molecule has 0 saturated heterocycles. The largest absolute Gasteiger partial charge is 0.494 e. The Hall–Kier alpha value is -2.82. The van der Waals surface area contributed by atoms with E-state index in [0.717, 1.165) is 18.6 Å². The number of hydrogen-bond acceptors (Lipinski definition) is 3. The maximum absolute atomic E-state index is 12.2. The molecular weight excluding hydrogens is 328 g/mol. The van der Waals surface area contributed by atoms with E-state index in [4.69, 9.17) is 4.74 Å². The van der Waals surface area contributed by atoms with E-state index in [9.17, 15) is 9.59 Å². The van der Waals surface area contributed by atoms with Gasteiger partial charge in [-0.1, -0.05) is 30.3 Å². The van der Waals surface area contributed by atoms with Crippen LogP contribution in [-0.4, -0.2) is 31.5 Å². The Labute approximate surface area is 155 Å². The van der Waals surface area contributed by atoms with Crippen LogP contribution in [0.15, 0.2) is 54.6 Å². The summed E-state index contributed by atoms with van der Waals surface area (Å²) in [6, 6.07) is 17.3. The molecule has 2 aromatic carbocycles. The fourth-order valence-corrected chi connectivity index (χ4v) is 2.64. The Morgan fingerprint density at radius 1 is 1.04 bits per heavy atom. The second-order valence-corrected chi connectivity index (χ2v) is 5.97. The molecule has 1 N–H and O–H groups in total. The van der Waals surface area contributed by atoms with Crippen LogP contribution in [0.5, 0.6) is 5.75 Å². The van der Waals surface area contributed by atoms with E-state index in [1.54, 1.807) is 24.3 Å². The lowest BCUT2D eigenvalue weighted by Gasteiger charge is -2.21. The van der Waals surface area contributed by atoms with Gasteiger partial charge in [-0.15, -0.1) is 0 Å². The van der Waals surface area contributed by atoms with Gasteiger partial charge in [0.1, 0.15) is 12.3 Å². The number of rotatable bonds is 9. The Morgan fingerprint density at radius 2 is 1.73 bits per heavy atom. The lowest BCUT2D eigenvalue weighted by atomic mass is 10.1. The summed E-state index contributed by atoms with van der Waals surface area (Å²) in [5, 5.41) is 2.88. The third-order valence-corrected chi connectivity index (χ3v) is 3.95. The summed E-state index contributed by atoms with van der Waals surface area (Å²) in [7, 11) is 0. The van der Waals surface area contributed by atoms with E-state index in [0.29, 0.717) is 18.8 Å². The molecule has 138 valence electrons. The first-order chi connectivity index (χ1) is 12.6. The molecule has 0 unspecified atom stereocenters. The highest BCUT2D eigenvalue weighted by Crippen LogP contribution is 2.19. The summed E-state index contributed by atoms with van der Waals surface area (Å²) in [5.74, 6) is 0.404. The topological polar surface area (TPSA) is 58.6 Å². The highest BCUT2D eigenvalue weighted by atomic mass is 16.5. The average molecular weight is 354 g/mol. The number of amides is 2. The zero-order valence-corrected chi connectivity index (χ0v) is 15.4. The second-order valence-electron chi connectivity index (χ2n) is 5.97. The predicted molar refractivity (Wildman–Crippen MR) is 103 cm³/mol. The molecule has 0 radical (unpaired) electrons. The van der Waals surface area contributed by atoms with Crippen LogP contribution in [0.2, 0.25) is 0 Å². The first kappa shape index (κ1) is 19.5. The molecule has 0 atom stereocenters. The maximum Gasteiger partial charge on any atom is 0.240 e. The van der Waals surface area contributed by atoms with Crippen molar-refractivity contribution >= 4 is 17.5 Å². The van der Waals surface area contributed by atoms with Crippen molar-refractivity contribution < 1.29 is 14.3 Å². The monoisotopic (exact) mass is 354 g/mol. The normalized spacial score (nSPS) is 10.2. The molecule has 0 aliphatic carbocycles. The fraction of sp³-hybridized carbons (Fsp3) is 0.333. The van der Waals surface area contributed by atoms with Crippen LogP contribution in [0.4, 0.5) is 5.69 Å². The number of hydrogen-bond donors (Lipinski definition) is 1. The maximum atomic E-state index is 12.2. The lowest BCUT2D eigenvalue weighted by molar-refractivity contribution is -0.123. The third-order valence-electron chi connectivity index (χ3n) is 3.95. The van der Waals surface area contributed by atoms with Gasteiger partial charge in [-0.05, 0) is 49.6 Å². The molecule has 2 amide bonds. The van der Waals surface area contributed by atoms with Crippen LogP contribution < -0.4 is 15.0 Å². The average Bonchev–Trinajstić information content (AvgIpc) is 2.65. The van der Waals surface area contributed by atoms with E-state index >= 15 is 0 Å². The highest BCUT2D eigenvalue weighted by molar-refractivity contribution is 5.97. The minimum atomic E-state index is -0.173. The van der Waals surface area contributed by atoms with E-state index in [-0.39, 0.29) is 18.4 Å². The van der Waals surface area contributed by atoms with E-state index in [1.165, 1.54) is 17.4 Å². The summed E-state index contributed by atoms with van der Waals surface area (Å²) in [5.41, 5.74) is 1.93. The van der Waals surface area contributed by atoms with Crippen molar-refractivity contribution in [3.8, 4) is 5.75 Å². The van der Waals surface area contributed by atoms with Crippen molar-refractivity contribution in [3.05, 3.63) is 60.2 Å². The summed E-state index contributed by atoms with van der Waals surface area (Å²) in [6.45, 7) is 4.55. The number of carbonyl (C=O) groups is 2. The minimum absolute atomic E-state index is 0.00858. The quantitative estimate of drug-likeness (QED) is 0.704. The number of aryl methyl sites for hydroxylation is 1. The zero-order valence-electron chi connectivity index (χ0n) is 15.4. The molecule has 0 aliphatic rings. The molecule has 5 nitrogen and oxygen atoms in total. The van der Waals surface area contributed by atoms with Crippen LogP contribution in [0, 0.1) is 0 Å². The van der Waals surface area contributed by atoms with Crippen LogP contribution in [-0.2, 0) is 16.0 Å². The summed E-state index contributed by atoms with van der Waals surface area (Å²) in [4.78, 5) is 25.6. The number of benzene rings is 2. The Morgan fingerprint density at radius 3 is 2.35 bits per heavy atom. The Balaban J connectivity index is 1.82. The number of nitrogens with zero attached hydrogens (tertiary/aromatic N) is 1. The van der Waals surface area contributed by atoms with Crippen molar-refractivity contribution in [1.82, 2.24) is 5.32 Å². The number of carbonyl (C=O) groups excluding carboxylic acids is 2.